The molecule has 7 heteroatoms. The second-order valence-electron chi connectivity index (χ2n) is 8.90. The molecule has 1 amide bonds. The van der Waals surface area contributed by atoms with Crippen molar-refractivity contribution in [3.8, 4) is 17.2 Å². The second kappa shape index (κ2) is 10.3. The molecule has 5 rings (SSSR count). The minimum absolute atomic E-state index is 0.0161. The molecular formula is C29H31N3O4. The van der Waals surface area contributed by atoms with Crippen LogP contribution < -0.4 is 14.2 Å². The molecule has 1 aliphatic rings. The van der Waals surface area contributed by atoms with Gasteiger partial charge in [-0.15, -0.1) is 0 Å². The van der Waals surface area contributed by atoms with E-state index in [1.165, 1.54) is 11.1 Å². The molecule has 0 bridgehead atoms. The number of H-pyrrole nitrogens is 1. The van der Waals surface area contributed by atoms with Crippen LogP contribution in [0.1, 0.15) is 46.4 Å². The number of carbonyl (C=O) groups is 1. The molecule has 7 nitrogen and oxygen atoms in total. The topological polar surface area (TPSA) is 76.7 Å². The zero-order chi connectivity index (χ0) is 25.1. The van der Waals surface area contributed by atoms with E-state index in [4.69, 9.17) is 14.2 Å². The maximum absolute atomic E-state index is 13.6. The molecule has 36 heavy (non-hydrogen) atoms. The highest BCUT2D eigenvalue weighted by molar-refractivity contribution is 5.94. The summed E-state index contributed by atoms with van der Waals surface area (Å²) in [4.78, 5) is 23.1. The van der Waals surface area contributed by atoms with Crippen molar-refractivity contribution in [2.75, 3.05) is 27.4 Å². The number of rotatable bonds is 8. The molecule has 186 valence electrons. The van der Waals surface area contributed by atoms with Crippen LogP contribution in [-0.4, -0.2) is 48.1 Å². The third kappa shape index (κ3) is 4.49. The van der Waals surface area contributed by atoms with Gasteiger partial charge in [-0.2, -0.15) is 0 Å². The fourth-order valence-electron chi connectivity index (χ4n) is 5.14. The Hall–Kier alpha value is -4.00. The molecule has 0 fully saturated rings. The van der Waals surface area contributed by atoms with Crippen molar-refractivity contribution in [1.82, 2.24) is 14.9 Å². The number of carbonyl (C=O) groups excluding carboxylic acids is 1. The van der Waals surface area contributed by atoms with Crippen LogP contribution >= 0.6 is 0 Å². The number of aryl methyl sites for hydroxylation is 1. The number of nitrogens with one attached hydrogen (secondary N) is 1. The van der Waals surface area contributed by atoms with E-state index in [1.807, 2.05) is 24.0 Å². The molecule has 0 aliphatic carbocycles. The molecule has 1 unspecified atom stereocenters. The smallest absolute Gasteiger partial charge is 0.254 e. The van der Waals surface area contributed by atoms with E-state index >= 15 is 0 Å². The molecule has 1 atom stereocenters. The Morgan fingerprint density at radius 1 is 1.08 bits per heavy atom. The molecular weight excluding hydrogens is 454 g/mol. The predicted octanol–water partition coefficient (Wildman–Crippen LogP) is 5.35. The maximum Gasteiger partial charge on any atom is 0.254 e. The largest absolute Gasteiger partial charge is 0.497 e. The standard InChI is InChI=1S/C29H31N3O4/c1-4-36-28-17-24-20(15-27(28)35-3)11-14-32(29(33)19-9-12-30-13-10-19)26(24)8-5-21-18-31-25-7-6-22(34-2)16-23(21)25/h6-7,9-10,12-13,15-18,26,31H,4-5,8,11,14H2,1-3H3. The maximum atomic E-state index is 13.6. The SMILES string of the molecule is CCOc1cc2c(cc1OC)CCN(C(=O)c1ccncc1)C2CCc1c[nH]c2ccc(OC)cc12. The van der Waals surface area contributed by atoms with Crippen LogP contribution in [0, 0.1) is 0 Å². The lowest BCUT2D eigenvalue weighted by Gasteiger charge is -2.38. The van der Waals surface area contributed by atoms with Crippen molar-refractivity contribution in [3.63, 3.8) is 0 Å². The number of aromatic nitrogens is 2. The Morgan fingerprint density at radius 3 is 2.67 bits per heavy atom. The zero-order valence-corrected chi connectivity index (χ0v) is 20.9. The van der Waals surface area contributed by atoms with Gasteiger partial charge in [-0.3, -0.25) is 9.78 Å². The fourth-order valence-corrected chi connectivity index (χ4v) is 5.14. The number of hydrogen-bond donors (Lipinski definition) is 1. The van der Waals surface area contributed by atoms with Gasteiger partial charge in [0, 0.05) is 41.6 Å². The predicted molar refractivity (Wildman–Crippen MR) is 139 cm³/mol. The Labute approximate surface area is 211 Å². The fraction of sp³-hybridized carbons (Fsp3) is 0.310. The van der Waals surface area contributed by atoms with Gasteiger partial charge >= 0.3 is 0 Å². The summed E-state index contributed by atoms with van der Waals surface area (Å²) in [5.41, 5.74) is 5.23. The second-order valence-corrected chi connectivity index (χ2v) is 8.90. The molecule has 4 aromatic rings. The third-order valence-corrected chi connectivity index (χ3v) is 6.93. The number of methoxy groups -OCH3 is 2. The van der Waals surface area contributed by atoms with Gasteiger partial charge in [-0.05, 0) is 85.3 Å². The van der Waals surface area contributed by atoms with Crippen LogP contribution in [0.2, 0.25) is 0 Å². The number of fused-ring (bicyclic) bond motifs is 2. The number of nitrogens with zero attached hydrogens (tertiary/aromatic N) is 2. The van der Waals surface area contributed by atoms with Crippen molar-refractivity contribution >= 4 is 16.8 Å². The summed E-state index contributed by atoms with van der Waals surface area (Å²) in [5.74, 6) is 2.28. The van der Waals surface area contributed by atoms with Crippen molar-refractivity contribution in [1.29, 1.82) is 0 Å². The highest BCUT2D eigenvalue weighted by Gasteiger charge is 2.32. The highest BCUT2D eigenvalue weighted by Crippen LogP contribution is 2.41. The van der Waals surface area contributed by atoms with Gasteiger partial charge in [0.1, 0.15) is 5.75 Å². The van der Waals surface area contributed by atoms with Crippen LogP contribution in [0.4, 0.5) is 0 Å². The van der Waals surface area contributed by atoms with Crippen molar-refractivity contribution in [2.24, 2.45) is 0 Å². The van der Waals surface area contributed by atoms with Gasteiger partial charge in [0.05, 0.1) is 26.9 Å². The van der Waals surface area contributed by atoms with Crippen molar-refractivity contribution in [3.05, 3.63) is 83.3 Å². The van der Waals surface area contributed by atoms with Gasteiger partial charge in [-0.1, -0.05) is 0 Å². The van der Waals surface area contributed by atoms with E-state index in [1.54, 1.807) is 38.7 Å². The van der Waals surface area contributed by atoms with E-state index in [-0.39, 0.29) is 11.9 Å². The van der Waals surface area contributed by atoms with Crippen molar-refractivity contribution in [2.45, 2.75) is 32.2 Å². The molecule has 2 aromatic carbocycles. The Balaban J connectivity index is 1.52. The van der Waals surface area contributed by atoms with Crippen LogP contribution in [-0.2, 0) is 12.8 Å². The summed E-state index contributed by atoms with van der Waals surface area (Å²) in [6.07, 6.45) is 7.71. The average molecular weight is 486 g/mol. The first-order chi connectivity index (χ1) is 17.6. The molecule has 0 saturated heterocycles. The summed E-state index contributed by atoms with van der Waals surface area (Å²) in [6, 6.07) is 13.6. The molecule has 0 spiro atoms. The molecule has 1 N–H and O–H groups in total. The molecule has 3 heterocycles. The van der Waals surface area contributed by atoms with Crippen LogP contribution in [0.5, 0.6) is 17.2 Å². The molecule has 0 saturated carbocycles. The van der Waals surface area contributed by atoms with Gasteiger partial charge in [0.15, 0.2) is 11.5 Å². The van der Waals surface area contributed by atoms with Crippen LogP contribution in [0.3, 0.4) is 0 Å². The van der Waals surface area contributed by atoms with E-state index in [0.29, 0.717) is 24.5 Å². The summed E-state index contributed by atoms with van der Waals surface area (Å²) >= 11 is 0. The summed E-state index contributed by atoms with van der Waals surface area (Å²) in [7, 11) is 3.34. The van der Waals surface area contributed by atoms with Gasteiger partial charge in [0.2, 0.25) is 0 Å². The number of pyridine rings is 1. The average Bonchev–Trinajstić information content (AvgIpc) is 3.33. The number of amides is 1. The monoisotopic (exact) mass is 485 g/mol. The number of hydrogen-bond acceptors (Lipinski definition) is 5. The van der Waals surface area contributed by atoms with Crippen LogP contribution in [0.15, 0.2) is 61.1 Å². The molecule has 2 aromatic heterocycles. The van der Waals surface area contributed by atoms with E-state index in [9.17, 15) is 4.79 Å². The summed E-state index contributed by atoms with van der Waals surface area (Å²) in [6.45, 7) is 3.13. The Bertz CT molecular complexity index is 1370. The lowest BCUT2D eigenvalue weighted by Crippen LogP contribution is -2.40. The first-order valence-electron chi connectivity index (χ1n) is 12.3. The first kappa shape index (κ1) is 23.7. The minimum atomic E-state index is -0.102. The van der Waals surface area contributed by atoms with Crippen LogP contribution in [0.25, 0.3) is 10.9 Å². The summed E-state index contributed by atoms with van der Waals surface area (Å²) < 4.78 is 16.9. The normalized spacial score (nSPS) is 15.0. The van der Waals surface area contributed by atoms with E-state index in [0.717, 1.165) is 47.2 Å². The number of ether oxygens (including phenoxy) is 3. The molecule has 1 aliphatic heterocycles. The lowest BCUT2D eigenvalue weighted by atomic mass is 9.88. The van der Waals surface area contributed by atoms with Crippen molar-refractivity contribution < 1.29 is 19.0 Å². The van der Waals surface area contributed by atoms with Gasteiger partial charge in [-0.25, -0.2) is 0 Å². The molecule has 0 radical (unpaired) electrons. The number of aromatic amines is 1. The third-order valence-electron chi connectivity index (χ3n) is 6.93. The van der Waals surface area contributed by atoms with Gasteiger partial charge < -0.3 is 24.1 Å². The van der Waals surface area contributed by atoms with E-state index < -0.39 is 0 Å². The van der Waals surface area contributed by atoms with E-state index in [2.05, 4.69) is 34.4 Å². The van der Waals surface area contributed by atoms with Gasteiger partial charge in [0.25, 0.3) is 5.91 Å². The quantitative estimate of drug-likeness (QED) is 0.364. The number of benzene rings is 2. The summed E-state index contributed by atoms with van der Waals surface area (Å²) in [5, 5.41) is 1.14. The Morgan fingerprint density at radius 2 is 1.92 bits per heavy atom. The highest BCUT2D eigenvalue weighted by atomic mass is 16.5. The minimum Gasteiger partial charge on any atom is -0.497 e. The Kier molecular flexibility index (Phi) is 6.80. The zero-order valence-electron chi connectivity index (χ0n) is 20.9. The first-order valence-corrected chi connectivity index (χ1v) is 12.3. The lowest BCUT2D eigenvalue weighted by molar-refractivity contribution is 0.0650.